The number of hydroxylamine groups is 2. The SMILES string of the molecule is CC(C)(C)OC(=O)NCC1(c2ccc(C(=O)ON3C(=O)c4ccccc4C3=O)cn2)CCC1. The molecule has 4 rings (SSSR count). The van der Waals surface area contributed by atoms with Gasteiger partial charge in [-0.05, 0) is 57.9 Å². The van der Waals surface area contributed by atoms with E-state index in [9.17, 15) is 19.2 Å². The van der Waals surface area contributed by atoms with Gasteiger partial charge in [0.25, 0.3) is 11.8 Å². The first-order chi connectivity index (χ1) is 15.6. The van der Waals surface area contributed by atoms with E-state index in [1.165, 1.54) is 24.4 Å². The molecule has 2 aromatic rings. The third-order valence-corrected chi connectivity index (χ3v) is 5.75. The van der Waals surface area contributed by atoms with Gasteiger partial charge in [-0.3, -0.25) is 14.6 Å². The van der Waals surface area contributed by atoms with Crippen LogP contribution in [0, 0.1) is 0 Å². The van der Waals surface area contributed by atoms with Crippen LogP contribution in [0.2, 0.25) is 0 Å². The number of amides is 3. The van der Waals surface area contributed by atoms with E-state index in [1.54, 1.807) is 39.0 Å². The Kier molecular flexibility index (Phi) is 5.65. The Morgan fingerprint density at radius 1 is 1.06 bits per heavy atom. The summed E-state index contributed by atoms with van der Waals surface area (Å²) in [5.74, 6) is -2.23. The standard InChI is InChI=1S/C24H25N3O6/c1-23(2,3)32-22(31)26-14-24(11-6-12-24)18-10-9-15(13-25-18)21(30)33-27-19(28)16-7-4-5-8-17(16)20(27)29/h4-5,7-10,13H,6,11-12,14H2,1-3H3,(H,26,31). The van der Waals surface area contributed by atoms with Gasteiger partial charge in [-0.25, -0.2) is 9.59 Å². The third kappa shape index (κ3) is 4.44. The molecule has 0 saturated heterocycles. The highest BCUT2D eigenvalue weighted by molar-refractivity contribution is 6.21. The lowest BCUT2D eigenvalue weighted by molar-refractivity contribution is -0.0584. The Morgan fingerprint density at radius 2 is 1.70 bits per heavy atom. The average Bonchev–Trinajstić information content (AvgIpc) is 2.97. The highest BCUT2D eigenvalue weighted by Crippen LogP contribution is 2.42. The van der Waals surface area contributed by atoms with Crippen molar-refractivity contribution in [3.05, 3.63) is 65.0 Å². The molecule has 2 heterocycles. The summed E-state index contributed by atoms with van der Waals surface area (Å²) in [5, 5.41) is 3.28. The minimum absolute atomic E-state index is 0.102. The van der Waals surface area contributed by atoms with Crippen LogP contribution >= 0.6 is 0 Å². The Bertz CT molecular complexity index is 1080. The van der Waals surface area contributed by atoms with E-state index >= 15 is 0 Å². The molecule has 1 aromatic carbocycles. The lowest BCUT2D eigenvalue weighted by atomic mass is 9.66. The van der Waals surface area contributed by atoms with Gasteiger partial charge in [0.15, 0.2) is 0 Å². The van der Waals surface area contributed by atoms with E-state index in [0.29, 0.717) is 11.6 Å². The fourth-order valence-electron chi connectivity index (χ4n) is 3.90. The van der Waals surface area contributed by atoms with E-state index in [2.05, 4.69) is 10.3 Å². The molecule has 9 heteroatoms. The number of imide groups is 1. The first kappa shape index (κ1) is 22.4. The molecule has 1 aliphatic carbocycles. The first-order valence-electron chi connectivity index (χ1n) is 10.7. The summed E-state index contributed by atoms with van der Waals surface area (Å²) < 4.78 is 5.30. The molecular formula is C24H25N3O6. The number of rotatable bonds is 5. The molecule has 1 N–H and O–H groups in total. The summed E-state index contributed by atoms with van der Waals surface area (Å²) in [6, 6.07) is 9.51. The van der Waals surface area contributed by atoms with Crippen LogP contribution in [0.25, 0.3) is 0 Å². The number of benzene rings is 1. The fraction of sp³-hybridized carbons (Fsp3) is 0.375. The number of carbonyl (C=O) groups is 4. The molecule has 0 spiro atoms. The molecule has 1 aliphatic heterocycles. The van der Waals surface area contributed by atoms with Gasteiger partial charge in [0.1, 0.15) is 5.60 Å². The topological polar surface area (TPSA) is 115 Å². The summed E-state index contributed by atoms with van der Waals surface area (Å²) in [6.45, 7) is 5.76. The summed E-state index contributed by atoms with van der Waals surface area (Å²) >= 11 is 0. The Hall–Kier alpha value is -3.75. The molecule has 9 nitrogen and oxygen atoms in total. The molecule has 172 valence electrons. The number of nitrogens with zero attached hydrogens (tertiary/aromatic N) is 2. The number of ether oxygens (including phenoxy) is 1. The number of hydrogen-bond acceptors (Lipinski definition) is 7. The molecule has 0 radical (unpaired) electrons. The Balaban J connectivity index is 1.41. The maximum atomic E-state index is 12.6. The van der Waals surface area contributed by atoms with Gasteiger partial charge in [-0.2, -0.15) is 0 Å². The van der Waals surface area contributed by atoms with E-state index in [-0.39, 0.29) is 22.1 Å². The van der Waals surface area contributed by atoms with Crippen LogP contribution in [0.4, 0.5) is 4.79 Å². The largest absolute Gasteiger partial charge is 0.444 e. The summed E-state index contributed by atoms with van der Waals surface area (Å²) in [7, 11) is 0. The average molecular weight is 451 g/mol. The van der Waals surface area contributed by atoms with Crippen molar-refractivity contribution in [3.8, 4) is 0 Å². The second-order valence-corrected chi connectivity index (χ2v) is 9.25. The van der Waals surface area contributed by atoms with Gasteiger partial charge in [0.2, 0.25) is 0 Å². The summed E-state index contributed by atoms with van der Waals surface area (Å²) in [5.41, 5.74) is 0.298. The van der Waals surface area contributed by atoms with Crippen LogP contribution in [0.5, 0.6) is 0 Å². The minimum atomic E-state index is -0.863. The van der Waals surface area contributed by atoms with Gasteiger partial charge >= 0.3 is 12.1 Å². The second-order valence-electron chi connectivity index (χ2n) is 9.25. The Morgan fingerprint density at radius 3 is 2.18 bits per heavy atom. The number of hydrogen-bond donors (Lipinski definition) is 1. The van der Waals surface area contributed by atoms with E-state index in [1.807, 2.05) is 0 Å². The molecule has 0 unspecified atom stereocenters. The van der Waals surface area contributed by atoms with Gasteiger partial charge in [0, 0.05) is 23.9 Å². The maximum Gasteiger partial charge on any atom is 0.407 e. The van der Waals surface area contributed by atoms with Crippen LogP contribution in [0.1, 0.15) is 76.8 Å². The zero-order valence-corrected chi connectivity index (χ0v) is 18.7. The molecule has 3 amide bonds. The van der Waals surface area contributed by atoms with Crippen LogP contribution in [-0.4, -0.2) is 46.1 Å². The highest BCUT2D eigenvalue weighted by atomic mass is 16.7. The monoisotopic (exact) mass is 451 g/mol. The van der Waals surface area contributed by atoms with Crippen LogP contribution in [0.15, 0.2) is 42.6 Å². The van der Waals surface area contributed by atoms with Crippen molar-refractivity contribution in [3.63, 3.8) is 0 Å². The molecule has 1 aromatic heterocycles. The highest BCUT2D eigenvalue weighted by Gasteiger charge is 2.41. The smallest absolute Gasteiger partial charge is 0.407 e. The summed E-state index contributed by atoms with van der Waals surface area (Å²) in [6.07, 6.45) is 3.54. The van der Waals surface area contributed by atoms with E-state index in [4.69, 9.17) is 9.57 Å². The van der Waals surface area contributed by atoms with Gasteiger partial charge in [-0.1, -0.05) is 23.6 Å². The van der Waals surface area contributed by atoms with Crippen LogP contribution in [-0.2, 0) is 15.0 Å². The van der Waals surface area contributed by atoms with Crippen molar-refractivity contribution in [1.82, 2.24) is 15.4 Å². The third-order valence-electron chi connectivity index (χ3n) is 5.75. The van der Waals surface area contributed by atoms with Crippen molar-refractivity contribution in [2.45, 2.75) is 51.0 Å². The number of nitrogens with one attached hydrogen (secondary N) is 1. The van der Waals surface area contributed by atoms with Crippen molar-refractivity contribution in [2.75, 3.05) is 6.54 Å². The normalized spacial score (nSPS) is 16.6. The lowest BCUT2D eigenvalue weighted by Crippen LogP contribution is -2.47. The van der Waals surface area contributed by atoms with Crippen molar-refractivity contribution >= 4 is 23.9 Å². The summed E-state index contributed by atoms with van der Waals surface area (Å²) in [4.78, 5) is 58.9. The Labute approximate surface area is 191 Å². The quantitative estimate of drug-likeness (QED) is 0.693. The predicted molar refractivity (Wildman–Crippen MR) is 116 cm³/mol. The number of carbonyl (C=O) groups excluding carboxylic acids is 4. The van der Waals surface area contributed by atoms with Crippen molar-refractivity contribution in [2.24, 2.45) is 0 Å². The molecule has 1 fully saturated rings. The van der Waals surface area contributed by atoms with E-state index < -0.39 is 29.5 Å². The first-order valence-corrected chi connectivity index (χ1v) is 10.7. The van der Waals surface area contributed by atoms with Crippen LogP contribution < -0.4 is 5.32 Å². The number of aromatic nitrogens is 1. The predicted octanol–water partition coefficient (Wildman–Crippen LogP) is 3.40. The number of pyridine rings is 1. The second kappa shape index (κ2) is 8.31. The minimum Gasteiger partial charge on any atom is -0.444 e. The van der Waals surface area contributed by atoms with Gasteiger partial charge in [0.05, 0.1) is 16.7 Å². The molecule has 1 saturated carbocycles. The van der Waals surface area contributed by atoms with Crippen molar-refractivity contribution in [1.29, 1.82) is 0 Å². The van der Waals surface area contributed by atoms with E-state index in [0.717, 1.165) is 25.0 Å². The molecular weight excluding hydrogens is 426 g/mol. The zero-order chi connectivity index (χ0) is 23.8. The number of alkyl carbamates (subject to hydrolysis) is 1. The molecule has 33 heavy (non-hydrogen) atoms. The van der Waals surface area contributed by atoms with Gasteiger partial charge < -0.3 is 14.9 Å². The van der Waals surface area contributed by atoms with Crippen LogP contribution in [0.3, 0.4) is 0 Å². The fourth-order valence-corrected chi connectivity index (χ4v) is 3.90. The van der Waals surface area contributed by atoms with Gasteiger partial charge in [-0.15, -0.1) is 0 Å². The van der Waals surface area contributed by atoms with Crippen molar-refractivity contribution < 1.29 is 28.8 Å². The zero-order valence-electron chi connectivity index (χ0n) is 18.7. The molecule has 0 atom stereocenters. The number of fused-ring (bicyclic) bond motifs is 1. The molecule has 2 aliphatic rings. The molecule has 0 bridgehead atoms. The lowest BCUT2D eigenvalue weighted by Gasteiger charge is -2.41. The maximum absolute atomic E-state index is 12.6.